The molecule has 0 saturated heterocycles. The summed E-state index contributed by atoms with van der Waals surface area (Å²) in [5.74, 6) is 0. The first-order valence-corrected chi connectivity index (χ1v) is 8.99. The van der Waals surface area contributed by atoms with Gasteiger partial charge in [-0.3, -0.25) is 0 Å². The van der Waals surface area contributed by atoms with Gasteiger partial charge in [-0.1, -0.05) is 34.6 Å². The van der Waals surface area contributed by atoms with Crippen LogP contribution >= 0.6 is 0 Å². The Hall–Kier alpha value is -0.820. The molecule has 0 amide bonds. The lowest BCUT2D eigenvalue weighted by atomic mass is 9.50. The number of alkyl halides is 6. The van der Waals surface area contributed by atoms with Crippen molar-refractivity contribution in [3.8, 4) is 0 Å². The van der Waals surface area contributed by atoms with E-state index in [1.165, 1.54) is 0 Å². The Kier molecular flexibility index (Phi) is 6.99. The summed E-state index contributed by atoms with van der Waals surface area (Å²) < 4.78 is 84.2. The van der Waals surface area contributed by atoms with E-state index in [0.717, 1.165) is 34.6 Å². The molecule has 27 heavy (non-hydrogen) atoms. The van der Waals surface area contributed by atoms with Crippen LogP contribution in [0.4, 0.5) is 26.3 Å². The summed E-state index contributed by atoms with van der Waals surface area (Å²) >= 11 is 0. The Balaban J connectivity index is 6.13. The Morgan fingerprint density at radius 1 is 0.556 bits per heavy atom. The number of hydrogen-bond acceptors (Lipinski definition) is 2. The van der Waals surface area contributed by atoms with Crippen molar-refractivity contribution in [2.45, 2.75) is 106 Å². The molecule has 0 aromatic rings. The van der Waals surface area contributed by atoms with Crippen molar-refractivity contribution in [2.24, 2.45) is 26.5 Å². The van der Waals surface area contributed by atoms with Gasteiger partial charge in [0, 0.05) is 0 Å². The minimum atomic E-state index is -5.45. The third kappa shape index (κ3) is 5.59. The van der Waals surface area contributed by atoms with E-state index in [1.54, 1.807) is 13.8 Å². The SMILES string of the molecule is CC(C)(C)N=NC(C)(C)CCC(C)(C)C(C(C)(C)C)(C(F)(F)F)C(F)(F)F. The Morgan fingerprint density at radius 2 is 0.926 bits per heavy atom. The van der Waals surface area contributed by atoms with E-state index < -0.39 is 39.7 Å². The number of halogens is 6. The maximum atomic E-state index is 14.0. The van der Waals surface area contributed by atoms with E-state index in [-0.39, 0.29) is 12.8 Å². The molecule has 0 aliphatic carbocycles. The first-order chi connectivity index (χ1) is 11.4. The predicted molar refractivity (Wildman–Crippen MR) is 95.7 cm³/mol. The third-order valence-electron chi connectivity index (χ3n) is 4.97. The Morgan fingerprint density at radius 3 is 1.19 bits per heavy atom. The van der Waals surface area contributed by atoms with Crippen LogP contribution in [0.15, 0.2) is 10.2 Å². The lowest BCUT2D eigenvalue weighted by Gasteiger charge is -2.56. The summed E-state index contributed by atoms with van der Waals surface area (Å²) in [7, 11) is 0. The molecular weight excluding hydrogens is 370 g/mol. The van der Waals surface area contributed by atoms with E-state index in [4.69, 9.17) is 0 Å². The number of nitrogens with zero attached hydrogens (tertiary/aromatic N) is 2. The molecule has 0 radical (unpaired) electrons. The molecule has 0 N–H and O–H groups in total. The zero-order chi connectivity index (χ0) is 22.3. The van der Waals surface area contributed by atoms with Gasteiger partial charge < -0.3 is 0 Å². The highest BCUT2D eigenvalue weighted by atomic mass is 19.4. The largest absolute Gasteiger partial charge is 0.404 e. The number of hydrogen-bond donors (Lipinski definition) is 0. The molecule has 0 bridgehead atoms. The van der Waals surface area contributed by atoms with Crippen LogP contribution in [0.25, 0.3) is 0 Å². The second kappa shape index (κ2) is 7.21. The van der Waals surface area contributed by atoms with Crippen molar-refractivity contribution >= 4 is 0 Å². The second-order valence-electron chi connectivity index (χ2n) is 10.6. The van der Waals surface area contributed by atoms with Crippen LogP contribution < -0.4 is 0 Å². The van der Waals surface area contributed by atoms with Gasteiger partial charge in [-0.05, 0) is 58.3 Å². The molecule has 2 nitrogen and oxygen atoms in total. The highest BCUT2D eigenvalue weighted by molar-refractivity contribution is 5.09. The summed E-state index contributed by atoms with van der Waals surface area (Å²) in [6.07, 6.45) is -11.2. The summed E-state index contributed by atoms with van der Waals surface area (Å²) in [4.78, 5) is 0. The summed E-state index contributed by atoms with van der Waals surface area (Å²) in [6.45, 7) is 13.9. The molecule has 0 saturated carbocycles. The van der Waals surface area contributed by atoms with Crippen LogP contribution in [0.2, 0.25) is 0 Å². The average molecular weight is 404 g/mol. The molecule has 0 rings (SSSR count). The lowest BCUT2D eigenvalue weighted by Crippen LogP contribution is -2.65. The van der Waals surface area contributed by atoms with Crippen LogP contribution in [0.1, 0.15) is 82.1 Å². The zero-order valence-corrected chi connectivity index (χ0v) is 18.1. The van der Waals surface area contributed by atoms with Crippen molar-refractivity contribution in [1.29, 1.82) is 0 Å². The van der Waals surface area contributed by atoms with Crippen LogP contribution in [-0.4, -0.2) is 23.4 Å². The van der Waals surface area contributed by atoms with Gasteiger partial charge in [0.05, 0.1) is 11.1 Å². The van der Waals surface area contributed by atoms with Gasteiger partial charge in [0.25, 0.3) is 0 Å². The monoisotopic (exact) mass is 404 g/mol. The van der Waals surface area contributed by atoms with Crippen LogP contribution in [0.3, 0.4) is 0 Å². The smallest absolute Gasteiger partial charge is 0.188 e. The van der Waals surface area contributed by atoms with Crippen LogP contribution in [-0.2, 0) is 0 Å². The highest BCUT2D eigenvalue weighted by Gasteiger charge is 2.80. The maximum absolute atomic E-state index is 14.0. The van der Waals surface area contributed by atoms with Gasteiger partial charge in [-0.25, -0.2) is 0 Å². The number of azo groups is 1. The van der Waals surface area contributed by atoms with Gasteiger partial charge in [0.15, 0.2) is 5.41 Å². The quantitative estimate of drug-likeness (QED) is 0.328. The van der Waals surface area contributed by atoms with E-state index >= 15 is 0 Å². The zero-order valence-electron chi connectivity index (χ0n) is 18.1. The number of rotatable bonds is 5. The van der Waals surface area contributed by atoms with Gasteiger partial charge >= 0.3 is 12.4 Å². The van der Waals surface area contributed by atoms with Gasteiger partial charge in [0.1, 0.15) is 0 Å². The minimum Gasteiger partial charge on any atom is -0.188 e. The molecule has 0 spiro atoms. The van der Waals surface area contributed by atoms with Crippen molar-refractivity contribution < 1.29 is 26.3 Å². The summed E-state index contributed by atoms with van der Waals surface area (Å²) in [5.41, 5.74) is -9.39. The lowest BCUT2D eigenvalue weighted by molar-refractivity contribution is -0.406. The fourth-order valence-electron chi connectivity index (χ4n) is 3.93. The van der Waals surface area contributed by atoms with Crippen molar-refractivity contribution in [3.63, 3.8) is 0 Å². The maximum Gasteiger partial charge on any atom is 0.404 e. The van der Waals surface area contributed by atoms with Gasteiger partial charge in [0.2, 0.25) is 0 Å². The topological polar surface area (TPSA) is 24.7 Å². The molecule has 162 valence electrons. The molecule has 0 atom stereocenters. The molecule has 0 heterocycles. The van der Waals surface area contributed by atoms with Gasteiger partial charge in [-0.15, -0.1) is 0 Å². The van der Waals surface area contributed by atoms with E-state index in [9.17, 15) is 26.3 Å². The standard InChI is InChI=1S/C19H34F6N2/c1-13(2,3)17(18(20,21)22,19(23,24)25)15(7,8)11-12-16(9,10)27-26-14(4,5)6/h11-12H2,1-10H3. The second-order valence-corrected chi connectivity index (χ2v) is 10.6. The van der Waals surface area contributed by atoms with Crippen molar-refractivity contribution in [2.75, 3.05) is 0 Å². The molecule has 0 unspecified atom stereocenters. The highest BCUT2D eigenvalue weighted by Crippen LogP contribution is 2.69. The van der Waals surface area contributed by atoms with E-state index in [2.05, 4.69) is 10.2 Å². The van der Waals surface area contributed by atoms with Crippen molar-refractivity contribution in [3.05, 3.63) is 0 Å². The molecule has 0 fully saturated rings. The summed E-state index contributed by atoms with van der Waals surface area (Å²) in [5, 5.41) is 8.28. The molecule has 0 aromatic heterocycles. The Bertz CT molecular complexity index is 492. The summed E-state index contributed by atoms with van der Waals surface area (Å²) in [6, 6.07) is 0. The molecular formula is C19H34F6N2. The Labute approximate surface area is 159 Å². The average Bonchev–Trinajstić information content (AvgIpc) is 2.28. The van der Waals surface area contributed by atoms with E-state index in [0.29, 0.717) is 0 Å². The van der Waals surface area contributed by atoms with E-state index in [1.807, 2.05) is 20.8 Å². The predicted octanol–water partition coefficient (Wildman–Crippen LogP) is 7.98. The van der Waals surface area contributed by atoms with Crippen molar-refractivity contribution in [1.82, 2.24) is 0 Å². The van der Waals surface area contributed by atoms with Crippen LogP contribution in [0, 0.1) is 16.2 Å². The molecule has 0 aromatic carbocycles. The fraction of sp³-hybridized carbons (Fsp3) is 1.00. The van der Waals surface area contributed by atoms with Crippen LogP contribution in [0.5, 0.6) is 0 Å². The normalized spacial score (nSPS) is 16.3. The molecule has 0 aliphatic heterocycles. The minimum absolute atomic E-state index is 0.0452. The molecule has 0 aliphatic rings. The molecule has 8 heteroatoms. The van der Waals surface area contributed by atoms with Gasteiger partial charge in [-0.2, -0.15) is 36.6 Å². The fourth-order valence-corrected chi connectivity index (χ4v) is 3.93. The first kappa shape index (κ1) is 26.2. The first-order valence-electron chi connectivity index (χ1n) is 8.99. The third-order valence-corrected chi connectivity index (χ3v) is 4.97.